The molecule has 0 aliphatic rings. The Bertz CT molecular complexity index is 528. The third-order valence-electron chi connectivity index (χ3n) is 2.83. The number of carbonyl (C=O) groups is 2. The molecule has 0 aliphatic carbocycles. The van der Waals surface area contributed by atoms with Gasteiger partial charge < -0.3 is 19.9 Å². The molecule has 0 radical (unpaired) electrons. The van der Waals surface area contributed by atoms with Crippen LogP contribution in [0.4, 0.5) is 4.79 Å². The van der Waals surface area contributed by atoms with E-state index in [1.54, 1.807) is 20.8 Å². The van der Waals surface area contributed by atoms with Gasteiger partial charge in [0.15, 0.2) is 6.04 Å². The monoisotopic (exact) mass is 323 g/mol. The van der Waals surface area contributed by atoms with Crippen LogP contribution in [0.2, 0.25) is 0 Å². The molecule has 1 amide bonds. The molecule has 23 heavy (non-hydrogen) atoms. The normalized spacial score (nSPS) is 13.1. The molecule has 6 nitrogen and oxygen atoms in total. The zero-order valence-corrected chi connectivity index (χ0v) is 14.3. The van der Waals surface area contributed by atoms with Gasteiger partial charge in [0.25, 0.3) is 0 Å². The van der Waals surface area contributed by atoms with Gasteiger partial charge in [-0.05, 0) is 40.2 Å². The van der Waals surface area contributed by atoms with E-state index in [2.05, 4.69) is 5.32 Å². The fraction of sp³-hybridized carbons (Fsp3) is 0.529. The highest BCUT2D eigenvalue weighted by atomic mass is 16.6. The Balaban J connectivity index is 2.70. The Morgan fingerprint density at radius 1 is 1.13 bits per heavy atom. The molecule has 0 heterocycles. The number of rotatable bonds is 5. The van der Waals surface area contributed by atoms with Crippen molar-refractivity contribution >= 4 is 12.1 Å². The fourth-order valence-electron chi connectivity index (χ4n) is 1.76. The predicted octanol–water partition coefficient (Wildman–Crippen LogP) is 2.39. The second-order valence-corrected chi connectivity index (χ2v) is 6.83. The molecule has 1 atom stereocenters. The lowest BCUT2D eigenvalue weighted by Crippen LogP contribution is -2.55. The van der Waals surface area contributed by atoms with E-state index in [0.717, 1.165) is 5.56 Å². The van der Waals surface area contributed by atoms with Crippen LogP contribution in [0.5, 0.6) is 0 Å². The number of aliphatic hydroxyl groups is 1. The van der Waals surface area contributed by atoms with E-state index in [1.165, 1.54) is 13.8 Å². The first-order valence-corrected chi connectivity index (χ1v) is 7.41. The van der Waals surface area contributed by atoms with Gasteiger partial charge in [0.05, 0.1) is 5.60 Å². The van der Waals surface area contributed by atoms with E-state index >= 15 is 0 Å². The van der Waals surface area contributed by atoms with Crippen molar-refractivity contribution in [3.05, 3.63) is 35.9 Å². The molecule has 0 aromatic heterocycles. The molecule has 6 heteroatoms. The van der Waals surface area contributed by atoms with Crippen LogP contribution in [0.15, 0.2) is 30.3 Å². The molecule has 1 aromatic carbocycles. The number of amides is 1. The third-order valence-corrected chi connectivity index (χ3v) is 2.83. The molecule has 1 aromatic rings. The summed E-state index contributed by atoms with van der Waals surface area (Å²) < 4.78 is 10.3. The van der Waals surface area contributed by atoms with Crippen LogP contribution < -0.4 is 5.32 Å². The summed E-state index contributed by atoms with van der Waals surface area (Å²) in [6.45, 7) is 8.01. The molecular weight excluding hydrogens is 298 g/mol. The van der Waals surface area contributed by atoms with Crippen molar-refractivity contribution in [1.29, 1.82) is 0 Å². The standard InChI is InChI=1S/C17H25NO5/c1-16(2,3)23-15(20)18-13(17(4,5)21)14(19)22-11-12-9-7-6-8-10-12/h6-10,13,21H,11H2,1-5H3,(H,18,20)/t13-/m1/s1. The van der Waals surface area contributed by atoms with Crippen molar-refractivity contribution < 1.29 is 24.2 Å². The first-order valence-electron chi connectivity index (χ1n) is 7.41. The highest BCUT2D eigenvalue weighted by Crippen LogP contribution is 2.14. The minimum atomic E-state index is -1.50. The Morgan fingerprint density at radius 2 is 1.70 bits per heavy atom. The van der Waals surface area contributed by atoms with Gasteiger partial charge in [-0.15, -0.1) is 0 Å². The number of hydrogen-bond donors (Lipinski definition) is 2. The molecule has 0 saturated heterocycles. The van der Waals surface area contributed by atoms with Crippen molar-refractivity contribution in [3.63, 3.8) is 0 Å². The average molecular weight is 323 g/mol. The number of nitrogens with one attached hydrogen (secondary N) is 1. The molecule has 2 N–H and O–H groups in total. The zero-order chi connectivity index (χ0) is 17.7. The van der Waals surface area contributed by atoms with E-state index in [0.29, 0.717) is 0 Å². The van der Waals surface area contributed by atoms with E-state index in [-0.39, 0.29) is 6.61 Å². The SMILES string of the molecule is CC(C)(C)OC(=O)N[C@H](C(=O)OCc1ccccc1)C(C)(C)O. The van der Waals surface area contributed by atoms with Crippen LogP contribution in [0, 0.1) is 0 Å². The maximum Gasteiger partial charge on any atom is 0.408 e. The molecule has 0 saturated carbocycles. The summed E-state index contributed by atoms with van der Waals surface area (Å²) in [5.74, 6) is -0.729. The maximum absolute atomic E-state index is 12.2. The highest BCUT2D eigenvalue weighted by Gasteiger charge is 2.37. The topological polar surface area (TPSA) is 84.9 Å². The Morgan fingerprint density at radius 3 is 2.17 bits per heavy atom. The number of esters is 1. The van der Waals surface area contributed by atoms with Gasteiger partial charge >= 0.3 is 12.1 Å². The maximum atomic E-state index is 12.2. The lowest BCUT2D eigenvalue weighted by Gasteiger charge is -2.29. The highest BCUT2D eigenvalue weighted by molar-refractivity contribution is 5.82. The molecule has 0 unspecified atom stereocenters. The van der Waals surface area contributed by atoms with Gasteiger partial charge in [0, 0.05) is 0 Å². The molecule has 128 valence electrons. The van der Waals surface area contributed by atoms with Crippen molar-refractivity contribution in [2.24, 2.45) is 0 Å². The Kier molecular flexibility index (Phi) is 6.15. The minimum Gasteiger partial charge on any atom is -0.459 e. The Hall–Kier alpha value is -2.08. The summed E-state index contributed by atoms with van der Waals surface area (Å²) in [6, 6.07) is 7.91. The van der Waals surface area contributed by atoms with Gasteiger partial charge in [-0.2, -0.15) is 0 Å². The van der Waals surface area contributed by atoms with Gasteiger partial charge in [-0.25, -0.2) is 9.59 Å². The second-order valence-electron chi connectivity index (χ2n) is 6.83. The van der Waals surface area contributed by atoms with Crippen molar-refractivity contribution in [2.75, 3.05) is 0 Å². The van der Waals surface area contributed by atoms with E-state index in [1.807, 2.05) is 30.3 Å². The molecule has 0 bridgehead atoms. The summed E-state index contributed by atoms with van der Waals surface area (Å²) in [5, 5.41) is 12.5. The summed E-state index contributed by atoms with van der Waals surface area (Å²) in [6.07, 6.45) is -0.790. The van der Waals surface area contributed by atoms with Crippen LogP contribution in [-0.4, -0.2) is 34.4 Å². The number of hydrogen-bond acceptors (Lipinski definition) is 5. The number of benzene rings is 1. The van der Waals surface area contributed by atoms with E-state index < -0.39 is 29.3 Å². The lowest BCUT2D eigenvalue weighted by molar-refractivity contribution is -0.153. The quantitative estimate of drug-likeness (QED) is 0.813. The number of alkyl carbamates (subject to hydrolysis) is 1. The molecule has 1 rings (SSSR count). The van der Waals surface area contributed by atoms with Crippen LogP contribution in [0.3, 0.4) is 0 Å². The van der Waals surface area contributed by atoms with Crippen molar-refractivity contribution in [1.82, 2.24) is 5.32 Å². The number of ether oxygens (including phenoxy) is 2. The summed E-state index contributed by atoms with van der Waals surface area (Å²) >= 11 is 0. The average Bonchev–Trinajstić information content (AvgIpc) is 2.40. The Labute approximate surface area is 136 Å². The smallest absolute Gasteiger partial charge is 0.408 e. The first-order chi connectivity index (χ1) is 10.5. The van der Waals surface area contributed by atoms with Crippen LogP contribution in [0.25, 0.3) is 0 Å². The molecule has 0 aliphatic heterocycles. The van der Waals surface area contributed by atoms with Crippen LogP contribution in [-0.2, 0) is 20.9 Å². The van der Waals surface area contributed by atoms with E-state index in [9.17, 15) is 14.7 Å². The van der Waals surface area contributed by atoms with Gasteiger partial charge in [-0.3, -0.25) is 0 Å². The van der Waals surface area contributed by atoms with Gasteiger partial charge in [0.2, 0.25) is 0 Å². The third kappa shape index (κ3) is 7.15. The predicted molar refractivity (Wildman–Crippen MR) is 85.7 cm³/mol. The van der Waals surface area contributed by atoms with E-state index in [4.69, 9.17) is 9.47 Å². The lowest BCUT2D eigenvalue weighted by atomic mass is 9.99. The molecular formula is C17H25NO5. The first kappa shape index (κ1) is 19.0. The largest absolute Gasteiger partial charge is 0.459 e. The van der Waals surface area contributed by atoms with Crippen molar-refractivity contribution in [3.8, 4) is 0 Å². The molecule has 0 fully saturated rings. The van der Waals surface area contributed by atoms with Crippen LogP contribution >= 0.6 is 0 Å². The fourth-order valence-corrected chi connectivity index (χ4v) is 1.76. The minimum absolute atomic E-state index is 0.0578. The summed E-state index contributed by atoms with van der Waals surface area (Å²) in [5.41, 5.74) is -1.39. The van der Waals surface area contributed by atoms with Gasteiger partial charge in [-0.1, -0.05) is 30.3 Å². The summed E-state index contributed by atoms with van der Waals surface area (Å²) in [7, 11) is 0. The van der Waals surface area contributed by atoms with Gasteiger partial charge in [0.1, 0.15) is 12.2 Å². The van der Waals surface area contributed by atoms with Crippen molar-refractivity contribution in [2.45, 2.75) is 58.5 Å². The molecule has 0 spiro atoms. The zero-order valence-electron chi connectivity index (χ0n) is 14.3. The van der Waals surface area contributed by atoms with Crippen LogP contribution in [0.1, 0.15) is 40.2 Å². The number of carbonyl (C=O) groups excluding carboxylic acids is 2. The summed E-state index contributed by atoms with van der Waals surface area (Å²) in [4.78, 5) is 24.1. The second kappa shape index (κ2) is 7.46.